The monoisotopic (exact) mass is 327 g/mol. The van der Waals surface area contributed by atoms with Gasteiger partial charge in [0.15, 0.2) is 0 Å². The second-order valence-corrected chi connectivity index (χ2v) is 6.31. The Morgan fingerprint density at radius 2 is 1.88 bits per heavy atom. The molecule has 0 aliphatic carbocycles. The van der Waals surface area contributed by atoms with Gasteiger partial charge in [0.1, 0.15) is 6.33 Å². The Morgan fingerprint density at radius 1 is 1.21 bits per heavy atom. The Balaban J connectivity index is 1.93. The van der Waals surface area contributed by atoms with Crippen molar-refractivity contribution in [2.24, 2.45) is 5.92 Å². The molecule has 1 fully saturated rings. The lowest BCUT2D eigenvalue weighted by Crippen LogP contribution is -2.34. The highest BCUT2D eigenvalue weighted by Gasteiger charge is 2.29. The van der Waals surface area contributed by atoms with Gasteiger partial charge in [-0.1, -0.05) is 24.6 Å². The number of rotatable bonds is 4. The smallest absolute Gasteiger partial charge is 0.351 e. The first kappa shape index (κ1) is 16.2. The molecule has 0 spiro atoms. The number of benzene rings is 1. The minimum atomic E-state index is -0.399. The van der Waals surface area contributed by atoms with Gasteiger partial charge < -0.3 is 10.2 Å². The molecule has 0 radical (unpaired) electrons. The minimum Gasteiger partial charge on any atom is -0.351 e. The standard InChI is InChI=1S/C17H21N5O2/c1-12-3-5-14(6-4-12)20-16-15(22(23)24)17(19-11-18-16)21-9-7-13(2)8-10-21/h3-6,11,13H,7-10H2,1-2H3,(H,18,19,20). The van der Waals surface area contributed by atoms with E-state index in [1.807, 2.05) is 36.1 Å². The molecule has 1 aliphatic heterocycles. The lowest BCUT2D eigenvalue weighted by Gasteiger charge is -2.30. The first-order chi connectivity index (χ1) is 11.5. The maximum absolute atomic E-state index is 11.7. The third kappa shape index (κ3) is 3.45. The highest BCUT2D eigenvalue weighted by Crippen LogP contribution is 2.35. The van der Waals surface area contributed by atoms with Crippen LogP contribution in [-0.4, -0.2) is 28.0 Å². The summed E-state index contributed by atoms with van der Waals surface area (Å²) in [6, 6.07) is 7.65. The second kappa shape index (κ2) is 6.82. The Bertz CT molecular complexity index is 724. The van der Waals surface area contributed by atoms with Gasteiger partial charge in [-0.05, 0) is 37.8 Å². The molecule has 1 aliphatic rings. The number of aromatic nitrogens is 2. The minimum absolute atomic E-state index is 0.0624. The van der Waals surface area contributed by atoms with E-state index in [0.717, 1.165) is 37.2 Å². The van der Waals surface area contributed by atoms with Crippen molar-refractivity contribution in [1.29, 1.82) is 0 Å². The van der Waals surface area contributed by atoms with Crippen LogP contribution in [0.2, 0.25) is 0 Å². The maximum Gasteiger partial charge on any atom is 0.353 e. The number of nitrogens with zero attached hydrogens (tertiary/aromatic N) is 4. The quantitative estimate of drug-likeness (QED) is 0.681. The summed E-state index contributed by atoms with van der Waals surface area (Å²) >= 11 is 0. The number of hydrogen-bond acceptors (Lipinski definition) is 6. The average molecular weight is 327 g/mol. The van der Waals surface area contributed by atoms with Gasteiger partial charge in [0.05, 0.1) is 4.92 Å². The molecule has 0 unspecified atom stereocenters. The fourth-order valence-corrected chi connectivity index (χ4v) is 2.85. The Morgan fingerprint density at radius 3 is 2.50 bits per heavy atom. The summed E-state index contributed by atoms with van der Waals surface area (Å²) in [4.78, 5) is 21.5. The van der Waals surface area contributed by atoms with Crippen LogP contribution in [0.25, 0.3) is 0 Å². The zero-order valence-corrected chi connectivity index (χ0v) is 13.9. The van der Waals surface area contributed by atoms with Crippen LogP contribution in [0.3, 0.4) is 0 Å². The van der Waals surface area contributed by atoms with Gasteiger partial charge in [-0.15, -0.1) is 0 Å². The topological polar surface area (TPSA) is 84.2 Å². The number of nitro groups is 1. The van der Waals surface area contributed by atoms with Gasteiger partial charge in [0, 0.05) is 18.8 Å². The second-order valence-electron chi connectivity index (χ2n) is 6.31. The van der Waals surface area contributed by atoms with E-state index in [4.69, 9.17) is 0 Å². The molecule has 1 saturated heterocycles. The largest absolute Gasteiger partial charge is 0.353 e. The zero-order chi connectivity index (χ0) is 17.1. The predicted octanol–water partition coefficient (Wildman–Crippen LogP) is 3.67. The SMILES string of the molecule is Cc1ccc(Nc2ncnc(N3CCC(C)CC3)c2[N+](=O)[O-])cc1. The molecule has 1 aromatic heterocycles. The normalized spacial score (nSPS) is 15.3. The molecule has 1 N–H and O–H groups in total. The van der Waals surface area contributed by atoms with Crippen molar-refractivity contribution < 1.29 is 4.92 Å². The number of anilines is 3. The molecule has 3 rings (SSSR count). The van der Waals surface area contributed by atoms with Crippen LogP contribution in [0.4, 0.5) is 23.0 Å². The summed E-state index contributed by atoms with van der Waals surface area (Å²) in [6.45, 7) is 5.76. The number of hydrogen-bond donors (Lipinski definition) is 1. The summed E-state index contributed by atoms with van der Waals surface area (Å²) in [7, 11) is 0. The summed E-state index contributed by atoms with van der Waals surface area (Å²) < 4.78 is 0. The van der Waals surface area contributed by atoms with Crippen molar-refractivity contribution in [2.75, 3.05) is 23.3 Å². The average Bonchev–Trinajstić information content (AvgIpc) is 2.57. The maximum atomic E-state index is 11.7. The molecule has 7 nitrogen and oxygen atoms in total. The third-order valence-corrected chi connectivity index (χ3v) is 4.38. The van der Waals surface area contributed by atoms with Crippen molar-refractivity contribution in [1.82, 2.24) is 9.97 Å². The summed E-state index contributed by atoms with van der Waals surface area (Å²) in [6.07, 6.45) is 3.42. The van der Waals surface area contributed by atoms with Crippen molar-refractivity contribution in [3.63, 3.8) is 0 Å². The van der Waals surface area contributed by atoms with Gasteiger partial charge in [-0.2, -0.15) is 0 Å². The van der Waals surface area contributed by atoms with Crippen molar-refractivity contribution in [2.45, 2.75) is 26.7 Å². The van der Waals surface area contributed by atoms with Crippen LogP contribution in [0, 0.1) is 23.0 Å². The highest BCUT2D eigenvalue weighted by atomic mass is 16.6. The van der Waals surface area contributed by atoms with Crippen LogP contribution in [0.5, 0.6) is 0 Å². The fraction of sp³-hybridized carbons (Fsp3) is 0.412. The third-order valence-electron chi connectivity index (χ3n) is 4.38. The summed E-state index contributed by atoms with van der Waals surface area (Å²) in [5.74, 6) is 1.27. The van der Waals surface area contributed by atoms with Gasteiger partial charge in [-0.3, -0.25) is 10.1 Å². The van der Waals surface area contributed by atoms with Crippen molar-refractivity contribution in [3.8, 4) is 0 Å². The first-order valence-corrected chi connectivity index (χ1v) is 8.12. The fourth-order valence-electron chi connectivity index (χ4n) is 2.85. The van der Waals surface area contributed by atoms with E-state index in [1.165, 1.54) is 6.33 Å². The van der Waals surface area contributed by atoms with Crippen LogP contribution in [-0.2, 0) is 0 Å². The first-order valence-electron chi connectivity index (χ1n) is 8.12. The number of piperidine rings is 1. The van der Waals surface area contributed by atoms with Gasteiger partial charge in [-0.25, -0.2) is 9.97 Å². The van der Waals surface area contributed by atoms with Gasteiger partial charge in [0.2, 0.25) is 11.6 Å². The lowest BCUT2D eigenvalue weighted by molar-refractivity contribution is -0.383. The highest BCUT2D eigenvalue weighted by molar-refractivity contribution is 5.74. The van der Waals surface area contributed by atoms with E-state index >= 15 is 0 Å². The van der Waals surface area contributed by atoms with E-state index in [9.17, 15) is 10.1 Å². The Hall–Kier alpha value is -2.70. The zero-order valence-electron chi connectivity index (χ0n) is 13.9. The van der Waals surface area contributed by atoms with Gasteiger partial charge >= 0.3 is 5.69 Å². The lowest BCUT2D eigenvalue weighted by atomic mass is 9.99. The molecular weight excluding hydrogens is 306 g/mol. The molecular formula is C17H21N5O2. The molecule has 0 saturated carbocycles. The summed E-state index contributed by atoms with van der Waals surface area (Å²) in [5, 5.41) is 14.7. The van der Waals surface area contributed by atoms with Gasteiger partial charge in [0.25, 0.3) is 0 Å². The predicted molar refractivity (Wildman–Crippen MR) is 93.8 cm³/mol. The van der Waals surface area contributed by atoms with Crippen LogP contribution in [0.15, 0.2) is 30.6 Å². The molecule has 126 valence electrons. The molecule has 0 bridgehead atoms. The molecule has 0 atom stereocenters. The molecule has 1 aromatic carbocycles. The molecule has 2 heterocycles. The molecule has 0 amide bonds. The molecule has 7 heteroatoms. The van der Waals surface area contributed by atoms with E-state index in [1.54, 1.807) is 0 Å². The summed E-state index contributed by atoms with van der Waals surface area (Å²) in [5.41, 5.74) is 1.83. The van der Waals surface area contributed by atoms with Crippen LogP contribution < -0.4 is 10.2 Å². The Kier molecular flexibility index (Phi) is 4.59. The van der Waals surface area contributed by atoms with Crippen molar-refractivity contribution >= 4 is 23.0 Å². The van der Waals surface area contributed by atoms with Crippen molar-refractivity contribution in [3.05, 3.63) is 46.3 Å². The van der Waals surface area contributed by atoms with E-state index in [2.05, 4.69) is 22.2 Å². The van der Waals surface area contributed by atoms with Crippen LogP contribution in [0.1, 0.15) is 25.3 Å². The van der Waals surface area contributed by atoms with E-state index < -0.39 is 4.92 Å². The Labute approximate surface area is 140 Å². The number of aryl methyl sites for hydroxylation is 1. The molecule has 2 aromatic rings. The number of nitrogens with one attached hydrogen (secondary N) is 1. The van der Waals surface area contributed by atoms with Crippen LogP contribution >= 0.6 is 0 Å². The van der Waals surface area contributed by atoms with E-state index in [-0.39, 0.29) is 11.5 Å². The molecule has 24 heavy (non-hydrogen) atoms. The van der Waals surface area contributed by atoms with E-state index in [0.29, 0.717) is 11.7 Å².